The Morgan fingerprint density at radius 2 is 1.59 bits per heavy atom. The Kier molecular flexibility index (Phi) is 9.08. The normalized spacial score (nSPS) is 26.7. The summed E-state index contributed by atoms with van der Waals surface area (Å²) in [7, 11) is 0. The number of carbonyl (C=O) groups is 1. The van der Waals surface area contributed by atoms with Crippen molar-refractivity contribution >= 4 is 5.97 Å². The number of hydrogen-bond donors (Lipinski definition) is 0. The third-order valence-corrected chi connectivity index (χ3v) is 7.48. The Hall–Kier alpha value is -1.31. The topological polar surface area (TPSA) is 26.3 Å². The lowest BCUT2D eigenvalue weighted by Crippen LogP contribution is -2.35. The smallest absolute Gasteiger partial charge is 0.314 e. The minimum absolute atomic E-state index is 0.00597. The standard InChI is InChI=1S/C27H42O2/c1-3-5-7-8-10-22-11-14-24-20-25(16-15-23(24)19-22)27(28)29-26-17-12-21(13-18-26)9-6-4-2/h12-13,17-18,22-25H,3-11,14-16,19-20H2,1-2H3. The van der Waals surface area contributed by atoms with E-state index in [-0.39, 0.29) is 11.9 Å². The van der Waals surface area contributed by atoms with Gasteiger partial charge in [0.15, 0.2) is 0 Å². The highest BCUT2D eigenvalue weighted by atomic mass is 16.5. The third kappa shape index (κ3) is 6.86. The molecule has 162 valence electrons. The molecule has 0 aromatic heterocycles. The first-order valence-electron chi connectivity index (χ1n) is 12.5. The molecule has 2 aliphatic carbocycles. The van der Waals surface area contributed by atoms with Gasteiger partial charge in [-0.3, -0.25) is 4.79 Å². The van der Waals surface area contributed by atoms with E-state index in [0.717, 1.165) is 37.0 Å². The van der Waals surface area contributed by atoms with Crippen molar-refractivity contribution in [3.05, 3.63) is 29.8 Å². The first-order valence-corrected chi connectivity index (χ1v) is 12.5. The fraction of sp³-hybridized carbons (Fsp3) is 0.741. The highest BCUT2D eigenvalue weighted by Crippen LogP contribution is 2.46. The first kappa shape index (κ1) is 22.4. The van der Waals surface area contributed by atoms with Crippen LogP contribution < -0.4 is 4.74 Å². The van der Waals surface area contributed by atoms with Crippen molar-refractivity contribution in [1.82, 2.24) is 0 Å². The number of unbranched alkanes of at least 4 members (excludes halogenated alkanes) is 4. The maximum Gasteiger partial charge on any atom is 0.314 e. The molecule has 4 atom stereocenters. The molecule has 2 fully saturated rings. The van der Waals surface area contributed by atoms with Crippen LogP contribution in [0.4, 0.5) is 0 Å². The summed E-state index contributed by atoms with van der Waals surface area (Å²) >= 11 is 0. The molecule has 3 rings (SSSR count). The molecule has 0 N–H and O–H groups in total. The summed E-state index contributed by atoms with van der Waals surface area (Å²) in [4.78, 5) is 12.7. The van der Waals surface area contributed by atoms with E-state index in [4.69, 9.17) is 4.74 Å². The van der Waals surface area contributed by atoms with Crippen LogP contribution in [0.25, 0.3) is 0 Å². The van der Waals surface area contributed by atoms with Crippen LogP contribution in [0.5, 0.6) is 5.75 Å². The number of benzene rings is 1. The maximum atomic E-state index is 12.7. The molecule has 0 amide bonds. The van der Waals surface area contributed by atoms with E-state index >= 15 is 0 Å². The van der Waals surface area contributed by atoms with Gasteiger partial charge in [-0.25, -0.2) is 0 Å². The predicted octanol–water partition coefficient (Wildman–Crippen LogP) is 7.74. The van der Waals surface area contributed by atoms with Gasteiger partial charge in [-0.15, -0.1) is 0 Å². The van der Waals surface area contributed by atoms with Crippen LogP contribution in [-0.2, 0) is 11.2 Å². The van der Waals surface area contributed by atoms with Gasteiger partial charge in [0.2, 0.25) is 0 Å². The second kappa shape index (κ2) is 11.8. The van der Waals surface area contributed by atoms with Gasteiger partial charge in [-0.2, -0.15) is 0 Å². The Morgan fingerprint density at radius 1 is 0.862 bits per heavy atom. The van der Waals surface area contributed by atoms with Gasteiger partial charge in [0.1, 0.15) is 5.75 Å². The average molecular weight is 399 g/mol. The first-order chi connectivity index (χ1) is 14.2. The van der Waals surface area contributed by atoms with Crippen LogP contribution in [0.1, 0.15) is 103 Å². The van der Waals surface area contributed by atoms with Crippen LogP contribution in [0, 0.1) is 23.7 Å². The number of carbonyl (C=O) groups excluding carboxylic acids is 1. The van der Waals surface area contributed by atoms with E-state index in [1.807, 2.05) is 12.1 Å². The van der Waals surface area contributed by atoms with E-state index in [9.17, 15) is 4.79 Å². The maximum absolute atomic E-state index is 12.7. The van der Waals surface area contributed by atoms with Crippen LogP contribution in [0.2, 0.25) is 0 Å². The minimum atomic E-state index is 0.00597. The van der Waals surface area contributed by atoms with Gasteiger partial charge in [-0.1, -0.05) is 70.9 Å². The zero-order valence-corrected chi connectivity index (χ0v) is 18.8. The SMILES string of the molecule is CCCCCCC1CCC2CC(C(=O)Oc3ccc(CCCC)cc3)CCC2C1. The molecule has 0 aliphatic heterocycles. The summed E-state index contributed by atoms with van der Waals surface area (Å²) in [6.07, 6.45) is 18.0. The van der Waals surface area contributed by atoms with E-state index < -0.39 is 0 Å². The van der Waals surface area contributed by atoms with Crippen LogP contribution >= 0.6 is 0 Å². The average Bonchev–Trinajstić information content (AvgIpc) is 2.76. The van der Waals surface area contributed by atoms with Gasteiger partial charge in [-0.05, 0) is 80.4 Å². The molecule has 2 heteroatoms. The fourth-order valence-electron chi connectivity index (χ4n) is 5.63. The number of hydrogen-bond acceptors (Lipinski definition) is 2. The van der Waals surface area contributed by atoms with Gasteiger partial charge in [0.25, 0.3) is 0 Å². The molecule has 2 nitrogen and oxygen atoms in total. The van der Waals surface area contributed by atoms with E-state index in [1.54, 1.807) is 0 Å². The molecule has 0 saturated heterocycles. The Labute approximate surface area is 178 Å². The molecule has 1 aromatic carbocycles. The number of aryl methyl sites for hydroxylation is 1. The van der Waals surface area contributed by atoms with Crippen molar-refractivity contribution in [2.45, 2.75) is 104 Å². The molecule has 0 bridgehead atoms. The molecule has 2 saturated carbocycles. The molecule has 29 heavy (non-hydrogen) atoms. The molecule has 0 spiro atoms. The lowest BCUT2D eigenvalue weighted by Gasteiger charge is -2.41. The molecule has 1 aromatic rings. The summed E-state index contributed by atoms with van der Waals surface area (Å²) in [5.41, 5.74) is 1.33. The summed E-state index contributed by atoms with van der Waals surface area (Å²) in [5.74, 6) is 3.39. The number of ether oxygens (including phenoxy) is 1. The summed E-state index contributed by atoms with van der Waals surface area (Å²) in [6, 6.07) is 8.16. The number of rotatable bonds is 10. The number of esters is 1. The quantitative estimate of drug-likeness (QED) is 0.229. The van der Waals surface area contributed by atoms with Gasteiger partial charge < -0.3 is 4.74 Å². The Bertz CT molecular complexity index is 605. The lowest BCUT2D eigenvalue weighted by atomic mass is 9.64. The molecule has 2 aliphatic rings. The van der Waals surface area contributed by atoms with E-state index in [1.165, 1.54) is 76.2 Å². The van der Waals surface area contributed by atoms with Crippen molar-refractivity contribution in [2.24, 2.45) is 23.7 Å². The van der Waals surface area contributed by atoms with Crippen molar-refractivity contribution in [2.75, 3.05) is 0 Å². The predicted molar refractivity (Wildman–Crippen MR) is 121 cm³/mol. The summed E-state index contributed by atoms with van der Waals surface area (Å²) in [5, 5.41) is 0. The molecular weight excluding hydrogens is 356 g/mol. The van der Waals surface area contributed by atoms with Crippen molar-refractivity contribution in [1.29, 1.82) is 0 Å². The summed E-state index contributed by atoms with van der Waals surface area (Å²) < 4.78 is 5.75. The molecule has 4 unspecified atom stereocenters. The minimum Gasteiger partial charge on any atom is -0.426 e. The van der Waals surface area contributed by atoms with Crippen molar-refractivity contribution in [3.63, 3.8) is 0 Å². The Balaban J connectivity index is 1.42. The van der Waals surface area contributed by atoms with E-state index in [2.05, 4.69) is 26.0 Å². The lowest BCUT2D eigenvalue weighted by molar-refractivity contribution is -0.141. The van der Waals surface area contributed by atoms with Crippen LogP contribution in [-0.4, -0.2) is 5.97 Å². The highest BCUT2D eigenvalue weighted by Gasteiger charge is 2.38. The zero-order valence-electron chi connectivity index (χ0n) is 18.8. The second-order valence-corrected chi connectivity index (χ2v) is 9.73. The largest absolute Gasteiger partial charge is 0.426 e. The molecule has 0 radical (unpaired) electrons. The molecular formula is C27H42O2. The zero-order chi connectivity index (χ0) is 20.5. The number of fused-ring (bicyclic) bond motifs is 1. The second-order valence-electron chi connectivity index (χ2n) is 9.73. The fourth-order valence-corrected chi connectivity index (χ4v) is 5.63. The third-order valence-electron chi connectivity index (χ3n) is 7.48. The molecule has 0 heterocycles. The van der Waals surface area contributed by atoms with Crippen molar-refractivity contribution < 1.29 is 9.53 Å². The summed E-state index contributed by atoms with van der Waals surface area (Å²) in [6.45, 7) is 4.50. The van der Waals surface area contributed by atoms with Crippen molar-refractivity contribution in [3.8, 4) is 5.75 Å². The van der Waals surface area contributed by atoms with Crippen LogP contribution in [0.15, 0.2) is 24.3 Å². The van der Waals surface area contributed by atoms with Gasteiger partial charge >= 0.3 is 5.97 Å². The van der Waals surface area contributed by atoms with Gasteiger partial charge in [0.05, 0.1) is 5.92 Å². The monoisotopic (exact) mass is 398 g/mol. The highest BCUT2D eigenvalue weighted by molar-refractivity contribution is 5.75. The van der Waals surface area contributed by atoms with Gasteiger partial charge in [0, 0.05) is 0 Å². The Morgan fingerprint density at radius 3 is 2.34 bits per heavy atom. The van der Waals surface area contributed by atoms with E-state index in [0.29, 0.717) is 5.75 Å². The van der Waals surface area contributed by atoms with Crippen LogP contribution in [0.3, 0.4) is 0 Å².